The Balaban J connectivity index is 1.74. The Morgan fingerprint density at radius 1 is 1.04 bits per heavy atom. The molecule has 0 bridgehead atoms. The molecule has 0 saturated carbocycles. The molecule has 2 N–H and O–H groups in total. The van der Waals surface area contributed by atoms with Crippen LogP contribution in [0.4, 0.5) is 16.3 Å². The number of nitrogens with zero attached hydrogens (tertiary/aromatic N) is 5. The smallest absolute Gasteiger partial charge is 0.324 e. The van der Waals surface area contributed by atoms with E-state index in [1.54, 1.807) is 28.3 Å². The van der Waals surface area contributed by atoms with Crippen molar-refractivity contribution in [1.29, 1.82) is 0 Å². The number of aromatic nitrogens is 3. The first-order valence-corrected chi connectivity index (χ1v) is 8.02. The van der Waals surface area contributed by atoms with Gasteiger partial charge in [-0.1, -0.05) is 6.07 Å². The van der Waals surface area contributed by atoms with Gasteiger partial charge in [-0.05, 0) is 30.3 Å². The number of amides is 2. The Morgan fingerprint density at radius 3 is 2.64 bits per heavy atom. The lowest BCUT2D eigenvalue weighted by Gasteiger charge is -2.17. The molecule has 7 heteroatoms. The quantitative estimate of drug-likeness (QED) is 0.797. The van der Waals surface area contributed by atoms with Gasteiger partial charge in [0.05, 0.1) is 0 Å². The molecule has 3 heterocycles. The topological polar surface area (TPSA) is 80.3 Å². The van der Waals surface area contributed by atoms with Gasteiger partial charge in [-0.25, -0.2) is 14.8 Å². The first-order chi connectivity index (χ1) is 12.1. The van der Waals surface area contributed by atoms with E-state index in [0.29, 0.717) is 12.4 Å². The van der Waals surface area contributed by atoms with Crippen molar-refractivity contribution >= 4 is 17.5 Å². The van der Waals surface area contributed by atoms with Gasteiger partial charge in [0.15, 0.2) is 0 Å². The summed E-state index contributed by atoms with van der Waals surface area (Å²) in [5, 5.41) is 0. The molecule has 25 heavy (non-hydrogen) atoms. The monoisotopic (exact) mass is 334 g/mol. The molecule has 1 fully saturated rings. The highest BCUT2D eigenvalue weighted by molar-refractivity contribution is 5.94. The Bertz CT molecular complexity index is 935. The van der Waals surface area contributed by atoms with Crippen molar-refractivity contribution in [3.63, 3.8) is 0 Å². The molecular formula is C18H18N6O. The average Bonchev–Trinajstić information content (AvgIpc) is 3.23. The highest BCUT2D eigenvalue weighted by Crippen LogP contribution is 2.26. The molecule has 126 valence electrons. The number of nitrogens with two attached hydrogens (primary N) is 1. The zero-order valence-corrected chi connectivity index (χ0v) is 13.8. The molecule has 0 radical (unpaired) electrons. The van der Waals surface area contributed by atoms with Gasteiger partial charge in [0.1, 0.15) is 11.6 Å². The second-order valence-electron chi connectivity index (χ2n) is 5.97. The average molecular weight is 334 g/mol. The second-order valence-corrected chi connectivity index (χ2v) is 5.97. The molecule has 0 atom stereocenters. The lowest BCUT2D eigenvalue weighted by atomic mass is 10.2. The third-order valence-electron chi connectivity index (χ3n) is 4.32. The summed E-state index contributed by atoms with van der Waals surface area (Å²) in [5.41, 5.74) is 8.49. The number of benzene rings is 1. The van der Waals surface area contributed by atoms with E-state index >= 15 is 0 Å². The van der Waals surface area contributed by atoms with Gasteiger partial charge >= 0.3 is 6.03 Å². The zero-order chi connectivity index (χ0) is 17.4. The largest absolute Gasteiger partial charge is 0.384 e. The molecule has 1 aromatic carbocycles. The van der Waals surface area contributed by atoms with Crippen molar-refractivity contribution in [2.45, 2.75) is 0 Å². The van der Waals surface area contributed by atoms with Crippen LogP contribution in [0, 0.1) is 0 Å². The van der Waals surface area contributed by atoms with E-state index in [1.165, 1.54) is 0 Å². The summed E-state index contributed by atoms with van der Waals surface area (Å²) in [6.07, 6.45) is 5.30. The normalized spacial score (nSPS) is 14.4. The van der Waals surface area contributed by atoms with Crippen molar-refractivity contribution in [1.82, 2.24) is 19.4 Å². The van der Waals surface area contributed by atoms with Crippen LogP contribution in [0.1, 0.15) is 0 Å². The molecule has 2 aromatic heterocycles. The lowest BCUT2D eigenvalue weighted by Crippen LogP contribution is -2.29. The molecule has 0 aliphatic carbocycles. The fraction of sp³-hybridized carbons (Fsp3) is 0.167. The number of carbonyl (C=O) groups excluding carboxylic acids is 1. The molecule has 7 nitrogen and oxygen atoms in total. The first-order valence-electron chi connectivity index (χ1n) is 8.02. The van der Waals surface area contributed by atoms with Gasteiger partial charge in [0.25, 0.3) is 0 Å². The van der Waals surface area contributed by atoms with E-state index in [-0.39, 0.29) is 6.03 Å². The minimum Gasteiger partial charge on any atom is -0.384 e. The minimum absolute atomic E-state index is 0.0184. The van der Waals surface area contributed by atoms with Gasteiger partial charge in [0.2, 0.25) is 0 Å². The van der Waals surface area contributed by atoms with Crippen LogP contribution in [0.3, 0.4) is 0 Å². The summed E-state index contributed by atoms with van der Waals surface area (Å²) in [6, 6.07) is 11.6. The number of carbonyl (C=O) groups is 1. The SMILES string of the molecule is CN1CCN(c2cccc(-n3ccnc3-c3ccnc(N)c3)c2)C1=O. The molecule has 0 unspecified atom stereocenters. The van der Waals surface area contributed by atoms with E-state index in [4.69, 9.17) is 5.73 Å². The Hall–Kier alpha value is -3.35. The van der Waals surface area contributed by atoms with Gasteiger partial charge in [-0.15, -0.1) is 0 Å². The molecular weight excluding hydrogens is 316 g/mol. The number of imidazole rings is 1. The number of anilines is 2. The Labute approximate surface area is 145 Å². The number of urea groups is 1. The number of nitrogen functional groups attached to an aromatic ring is 1. The molecule has 4 rings (SSSR count). The van der Waals surface area contributed by atoms with Crippen LogP contribution < -0.4 is 10.6 Å². The van der Waals surface area contributed by atoms with Crippen LogP contribution in [0.2, 0.25) is 0 Å². The van der Waals surface area contributed by atoms with Crippen molar-refractivity contribution in [2.75, 3.05) is 30.8 Å². The summed E-state index contributed by atoms with van der Waals surface area (Å²) < 4.78 is 1.97. The minimum atomic E-state index is 0.0184. The maximum atomic E-state index is 12.2. The molecule has 1 aliphatic heterocycles. The molecule has 1 aliphatic rings. The van der Waals surface area contributed by atoms with Crippen molar-refractivity contribution < 1.29 is 4.79 Å². The van der Waals surface area contributed by atoms with Crippen LogP contribution in [0.25, 0.3) is 17.1 Å². The van der Waals surface area contributed by atoms with Gasteiger partial charge in [-0.3, -0.25) is 9.47 Å². The fourth-order valence-corrected chi connectivity index (χ4v) is 3.01. The number of pyridine rings is 1. The lowest BCUT2D eigenvalue weighted by molar-refractivity contribution is 0.229. The molecule has 1 saturated heterocycles. The van der Waals surface area contributed by atoms with Crippen molar-refractivity contribution in [3.05, 3.63) is 55.0 Å². The predicted molar refractivity (Wildman–Crippen MR) is 96.6 cm³/mol. The number of rotatable bonds is 3. The molecule has 3 aromatic rings. The summed E-state index contributed by atoms with van der Waals surface area (Å²) in [6.45, 7) is 1.42. The maximum Gasteiger partial charge on any atom is 0.324 e. The van der Waals surface area contributed by atoms with Crippen LogP contribution in [0.15, 0.2) is 55.0 Å². The van der Waals surface area contributed by atoms with E-state index in [1.807, 2.05) is 48.1 Å². The first kappa shape index (κ1) is 15.2. The Morgan fingerprint density at radius 2 is 1.88 bits per heavy atom. The summed E-state index contributed by atoms with van der Waals surface area (Å²) >= 11 is 0. The predicted octanol–water partition coefficient (Wildman–Crippen LogP) is 2.39. The Kier molecular flexibility index (Phi) is 3.61. The van der Waals surface area contributed by atoms with Gasteiger partial charge in [-0.2, -0.15) is 0 Å². The number of hydrogen-bond donors (Lipinski definition) is 1. The van der Waals surface area contributed by atoms with Crippen LogP contribution in [-0.2, 0) is 0 Å². The zero-order valence-electron chi connectivity index (χ0n) is 13.8. The van der Waals surface area contributed by atoms with E-state index in [0.717, 1.165) is 29.3 Å². The second kappa shape index (κ2) is 5.94. The number of hydrogen-bond acceptors (Lipinski definition) is 4. The molecule has 0 spiro atoms. The van der Waals surface area contributed by atoms with Crippen LogP contribution in [-0.4, -0.2) is 45.6 Å². The highest BCUT2D eigenvalue weighted by atomic mass is 16.2. The van der Waals surface area contributed by atoms with E-state index in [2.05, 4.69) is 9.97 Å². The maximum absolute atomic E-state index is 12.2. The highest BCUT2D eigenvalue weighted by Gasteiger charge is 2.26. The number of likely N-dealkylation sites (N-methyl/N-ethyl adjacent to an activating group) is 1. The van der Waals surface area contributed by atoms with Crippen molar-refractivity contribution in [3.8, 4) is 17.1 Å². The standard InChI is InChI=1S/C18H18N6O/c1-22-9-10-24(18(22)25)15-4-2-3-14(12-15)23-8-7-21-17(23)13-5-6-20-16(19)11-13/h2-8,11-12H,9-10H2,1H3,(H2,19,20). The summed E-state index contributed by atoms with van der Waals surface area (Å²) in [4.78, 5) is 24.2. The fourth-order valence-electron chi connectivity index (χ4n) is 3.01. The molecule has 2 amide bonds. The summed E-state index contributed by atoms with van der Waals surface area (Å²) in [7, 11) is 1.81. The van der Waals surface area contributed by atoms with Gasteiger partial charge in [0, 0.05) is 55.7 Å². The van der Waals surface area contributed by atoms with Crippen molar-refractivity contribution in [2.24, 2.45) is 0 Å². The van der Waals surface area contributed by atoms with E-state index in [9.17, 15) is 4.79 Å². The van der Waals surface area contributed by atoms with Gasteiger partial charge < -0.3 is 10.6 Å². The van der Waals surface area contributed by atoms with Crippen LogP contribution in [0.5, 0.6) is 0 Å². The summed E-state index contributed by atoms with van der Waals surface area (Å²) in [5.74, 6) is 1.22. The third-order valence-corrected chi connectivity index (χ3v) is 4.32. The van der Waals surface area contributed by atoms with Crippen LogP contribution >= 0.6 is 0 Å². The third kappa shape index (κ3) is 2.69. The van der Waals surface area contributed by atoms with E-state index < -0.39 is 0 Å².